The lowest BCUT2D eigenvalue weighted by Gasteiger charge is -2.24. The van der Waals surface area contributed by atoms with Gasteiger partial charge in [0, 0.05) is 11.3 Å². The van der Waals surface area contributed by atoms with E-state index in [0.29, 0.717) is 0 Å². The lowest BCUT2D eigenvalue weighted by molar-refractivity contribution is 0.667. The van der Waals surface area contributed by atoms with Crippen LogP contribution in [0.25, 0.3) is 11.1 Å². The molecule has 0 aliphatic rings. The molecule has 0 heterocycles. The Labute approximate surface area is 205 Å². The minimum absolute atomic E-state index is 0.923. The monoisotopic (exact) mass is 449 g/mol. The predicted molar refractivity (Wildman–Crippen MR) is 149 cm³/mol. The van der Waals surface area contributed by atoms with Crippen molar-refractivity contribution in [2.45, 2.75) is 130 Å². The van der Waals surface area contributed by atoms with Gasteiger partial charge >= 0.3 is 0 Å². The molecule has 33 heavy (non-hydrogen) atoms. The molecule has 0 saturated carbocycles. The van der Waals surface area contributed by atoms with Crippen molar-refractivity contribution < 1.29 is 0 Å². The van der Waals surface area contributed by atoms with E-state index in [1.165, 1.54) is 114 Å². The van der Waals surface area contributed by atoms with Crippen LogP contribution in [0.5, 0.6) is 0 Å². The summed E-state index contributed by atoms with van der Waals surface area (Å²) in [4.78, 5) is 0. The molecule has 1 heteroatoms. The molecule has 0 atom stereocenters. The minimum atomic E-state index is 0.923. The number of unbranched alkanes of at least 4 members (excludes halogenated alkanes) is 8. The lowest BCUT2D eigenvalue weighted by Crippen LogP contribution is -2.09. The highest BCUT2D eigenvalue weighted by molar-refractivity contribution is 5.80. The fourth-order valence-corrected chi connectivity index (χ4v) is 5.21. The molecule has 2 N–H and O–H groups in total. The second-order valence-electron chi connectivity index (χ2n) is 9.93. The van der Waals surface area contributed by atoms with Gasteiger partial charge in [-0.15, -0.1) is 0 Å². The standard InChI is InChI=1S/C32H51N/c1-5-9-13-19-26-25-31(30-23-17-18-24-32(30)33)29(22-16-12-8-4)28(21-15-11-7-3)27(26)20-14-10-6-2/h17-18,23-25H,5-16,19-22,33H2,1-4H3. The molecule has 0 bridgehead atoms. The molecule has 0 aliphatic carbocycles. The van der Waals surface area contributed by atoms with Crippen LogP contribution in [0.1, 0.15) is 127 Å². The van der Waals surface area contributed by atoms with E-state index in [1.54, 1.807) is 22.3 Å². The van der Waals surface area contributed by atoms with Gasteiger partial charge in [0.05, 0.1) is 0 Å². The predicted octanol–water partition coefficient (Wildman–Crippen LogP) is 9.87. The molecule has 2 rings (SSSR count). The third-order valence-corrected chi connectivity index (χ3v) is 7.15. The Bertz CT molecular complexity index is 804. The molecule has 0 aromatic heterocycles. The van der Waals surface area contributed by atoms with Gasteiger partial charge < -0.3 is 5.73 Å². The van der Waals surface area contributed by atoms with Crippen LogP contribution in [0.15, 0.2) is 30.3 Å². The highest BCUT2D eigenvalue weighted by Crippen LogP contribution is 2.37. The van der Waals surface area contributed by atoms with Crippen LogP contribution in [0, 0.1) is 0 Å². The molecular formula is C32H51N. The Morgan fingerprint density at radius 2 is 1.00 bits per heavy atom. The molecular weight excluding hydrogens is 398 g/mol. The topological polar surface area (TPSA) is 26.0 Å². The fraction of sp³-hybridized carbons (Fsp3) is 0.625. The number of hydrogen-bond donors (Lipinski definition) is 1. The molecule has 0 spiro atoms. The Kier molecular flexibility index (Phi) is 13.3. The summed E-state index contributed by atoms with van der Waals surface area (Å²) in [5.41, 5.74) is 16.8. The highest BCUT2D eigenvalue weighted by Gasteiger charge is 2.19. The number of hydrogen-bond acceptors (Lipinski definition) is 1. The van der Waals surface area contributed by atoms with Crippen molar-refractivity contribution in [3.8, 4) is 11.1 Å². The van der Waals surface area contributed by atoms with Crippen molar-refractivity contribution in [1.29, 1.82) is 0 Å². The maximum Gasteiger partial charge on any atom is 0.0393 e. The molecule has 0 unspecified atom stereocenters. The average molecular weight is 450 g/mol. The molecule has 0 radical (unpaired) electrons. The zero-order chi connectivity index (χ0) is 23.9. The van der Waals surface area contributed by atoms with Crippen molar-refractivity contribution in [2.24, 2.45) is 0 Å². The van der Waals surface area contributed by atoms with E-state index in [9.17, 15) is 0 Å². The van der Waals surface area contributed by atoms with Gasteiger partial charge in [-0.2, -0.15) is 0 Å². The third-order valence-electron chi connectivity index (χ3n) is 7.15. The molecule has 184 valence electrons. The first-order valence-corrected chi connectivity index (χ1v) is 14.2. The quantitative estimate of drug-likeness (QED) is 0.189. The maximum atomic E-state index is 6.56. The van der Waals surface area contributed by atoms with E-state index in [-0.39, 0.29) is 0 Å². The van der Waals surface area contributed by atoms with E-state index in [2.05, 4.69) is 58.0 Å². The number of nitrogen functional groups attached to an aromatic ring is 1. The SMILES string of the molecule is CCCCCc1cc(-c2ccccc2N)c(CCCCC)c(CCCCC)c1CCCCC. The van der Waals surface area contributed by atoms with Crippen LogP contribution in [-0.4, -0.2) is 0 Å². The second-order valence-corrected chi connectivity index (χ2v) is 9.93. The van der Waals surface area contributed by atoms with Gasteiger partial charge in [0.25, 0.3) is 0 Å². The molecule has 2 aromatic rings. The van der Waals surface area contributed by atoms with Gasteiger partial charge in [0.15, 0.2) is 0 Å². The number of benzene rings is 2. The smallest absolute Gasteiger partial charge is 0.0393 e. The third kappa shape index (κ3) is 8.51. The van der Waals surface area contributed by atoms with Crippen molar-refractivity contribution in [1.82, 2.24) is 0 Å². The summed E-state index contributed by atoms with van der Waals surface area (Å²) >= 11 is 0. The van der Waals surface area contributed by atoms with Gasteiger partial charge in [-0.05, 0) is 85.3 Å². The normalized spacial score (nSPS) is 11.3. The number of rotatable bonds is 17. The summed E-state index contributed by atoms with van der Waals surface area (Å²) in [6.45, 7) is 9.26. The van der Waals surface area contributed by atoms with Gasteiger partial charge in [-0.25, -0.2) is 0 Å². The lowest BCUT2D eigenvalue weighted by atomic mass is 9.81. The first-order chi connectivity index (χ1) is 16.2. The van der Waals surface area contributed by atoms with E-state index in [4.69, 9.17) is 5.73 Å². The van der Waals surface area contributed by atoms with E-state index >= 15 is 0 Å². The van der Waals surface area contributed by atoms with Crippen LogP contribution in [-0.2, 0) is 25.7 Å². The molecule has 0 amide bonds. The van der Waals surface area contributed by atoms with E-state index in [0.717, 1.165) is 5.69 Å². The van der Waals surface area contributed by atoms with E-state index in [1.807, 2.05) is 0 Å². The van der Waals surface area contributed by atoms with Crippen LogP contribution in [0.3, 0.4) is 0 Å². The summed E-state index contributed by atoms with van der Waals surface area (Å²) < 4.78 is 0. The summed E-state index contributed by atoms with van der Waals surface area (Å²) in [7, 11) is 0. The molecule has 2 aromatic carbocycles. The van der Waals surface area contributed by atoms with Crippen molar-refractivity contribution in [3.05, 3.63) is 52.6 Å². The van der Waals surface area contributed by atoms with Crippen molar-refractivity contribution in [2.75, 3.05) is 5.73 Å². The summed E-state index contributed by atoms with van der Waals surface area (Å²) in [5.74, 6) is 0. The number of nitrogens with two attached hydrogens (primary N) is 1. The zero-order valence-corrected chi connectivity index (χ0v) is 22.3. The van der Waals surface area contributed by atoms with E-state index < -0.39 is 0 Å². The highest BCUT2D eigenvalue weighted by atomic mass is 14.6. The second kappa shape index (κ2) is 16.0. The summed E-state index contributed by atoms with van der Waals surface area (Å²) in [6.07, 6.45) is 20.5. The molecule has 0 saturated heterocycles. The van der Waals surface area contributed by atoms with Gasteiger partial charge in [-0.1, -0.05) is 103 Å². The fourth-order valence-electron chi connectivity index (χ4n) is 5.21. The minimum Gasteiger partial charge on any atom is -0.398 e. The zero-order valence-electron chi connectivity index (χ0n) is 22.3. The molecule has 0 fully saturated rings. The van der Waals surface area contributed by atoms with Gasteiger partial charge in [0.1, 0.15) is 0 Å². The Morgan fingerprint density at radius 1 is 0.515 bits per heavy atom. The average Bonchev–Trinajstić information content (AvgIpc) is 2.82. The van der Waals surface area contributed by atoms with Crippen LogP contribution >= 0.6 is 0 Å². The van der Waals surface area contributed by atoms with Crippen LogP contribution < -0.4 is 5.73 Å². The first kappa shape index (κ1) is 27.5. The molecule has 1 nitrogen and oxygen atoms in total. The Hall–Kier alpha value is -1.76. The largest absolute Gasteiger partial charge is 0.398 e. The Morgan fingerprint density at radius 3 is 1.55 bits per heavy atom. The summed E-state index contributed by atoms with van der Waals surface area (Å²) in [5, 5.41) is 0. The number of anilines is 1. The maximum absolute atomic E-state index is 6.56. The first-order valence-electron chi connectivity index (χ1n) is 14.2. The summed E-state index contributed by atoms with van der Waals surface area (Å²) in [6, 6.07) is 11.1. The Balaban J connectivity index is 2.66. The molecule has 0 aliphatic heterocycles. The van der Waals surface area contributed by atoms with Crippen molar-refractivity contribution in [3.63, 3.8) is 0 Å². The van der Waals surface area contributed by atoms with Gasteiger partial charge in [-0.3, -0.25) is 0 Å². The van der Waals surface area contributed by atoms with Gasteiger partial charge in [0.2, 0.25) is 0 Å². The van der Waals surface area contributed by atoms with Crippen molar-refractivity contribution >= 4 is 5.69 Å². The van der Waals surface area contributed by atoms with Crippen LogP contribution in [0.4, 0.5) is 5.69 Å². The number of aryl methyl sites for hydroxylation is 1. The number of para-hydroxylation sites is 1. The van der Waals surface area contributed by atoms with Crippen LogP contribution in [0.2, 0.25) is 0 Å².